The Bertz CT molecular complexity index is 517. The van der Waals surface area contributed by atoms with Crippen molar-refractivity contribution in [1.82, 2.24) is 5.32 Å². The third-order valence-corrected chi connectivity index (χ3v) is 4.23. The second-order valence-corrected chi connectivity index (χ2v) is 6.23. The van der Waals surface area contributed by atoms with E-state index in [2.05, 4.69) is 5.32 Å². The van der Waals surface area contributed by atoms with Gasteiger partial charge < -0.3 is 15.2 Å². The standard InChI is InChI=1S/C18H25NO4/c1-13-11-15(9-10-23-13)18(22)19-16(7-8-17(20)21)12-14-5-3-2-4-6-14/h2-6,13,15-16H,7-12H2,1H3,(H,19,22)(H,20,21). The van der Waals surface area contributed by atoms with Crippen molar-refractivity contribution in [3.8, 4) is 0 Å². The van der Waals surface area contributed by atoms with Crippen LogP contribution < -0.4 is 5.32 Å². The molecular formula is C18H25NO4. The molecule has 2 rings (SSSR count). The molecule has 1 aromatic rings. The lowest BCUT2D eigenvalue weighted by Gasteiger charge is -2.28. The van der Waals surface area contributed by atoms with Crippen molar-refractivity contribution >= 4 is 11.9 Å². The summed E-state index contributed by atoms with van der Waals surface area (Å²) in [6, 6.07) is 9.68. The molecule has 0 radical (unpaired) electrons. The Kier molecular flexibility index (Phi) is 6.59. The van der Waals surface area contributed by atoms with Gasteiger partial charge in [0.25, 0.3) is 0 Å². The Morgan fingerprint density at radius 3 is 2.74 bits per heavy atom. The summed E-state index contributed by atoms with van der Waals surface area (Å²) in [6.07, 6.45) is 2.71. The summed E-state index contributed by atoms with van der Waals surface area (Å²) < 4.78 is 5.48. The molecule has 126 valence electrons. The molecule has 0 aromatic heterocycles. The number of carbonyl (C=O) groups excluding carboxylic acids is 1. The molecule has 5 heteroatoms. The third-order valence-electron chi connectivity index (χ3n) is 4.23. The van der Waals surface area contributed by atoms with Crippen molar-refractivity contribution in [1.29, 1.82) is 0 Å². The van der Waals surface area contributed by atoms with E-state index in [4.69, 9.17) is 9.84 Å². The predicted octanol–water partition coefficient (Wildman–Crippen LogP) is 2.39. The normalized spacial score (nSPS) is 22.3. The van der Waals surface area contributed by atoms with Crippen LogP contribution in [0.3, 0.4) is 0 Å². The average molecular weight is 319 g/mol. The monoisotopic (exact) mass is 319 g/mol. The van der Waals surface area contributed by atoms with Gasteiger partial charge in [-0.1, -0.05) is 30.3 Å². The molecule has 0 saturated carbocycles. The van der Waals surface area contributed by atoms with Crippen LogP contribution in [0.4, 0.5) is 0 Å². The van der Waals surface area contributed by atoms with Gasteiger partial charge in [0.15, 0.2) is 0 Å². The van der Waals surface area contributed by atoms with E-state index in [1.54, 1.807) is 0 Å². The fraction of sp³-hybridized carbons (Fsp3) is 0.556. The van der Waals surface area contributed by atoms with Crippen molar-refractivity contribution in [3.63, 3.8) is 0 Å². The maximum Gasteiger partial charge on any atom is 0.303 e. The summed E-state index contributed by atoms with van der Waals surface area (Å²) in [4.78, 5) is 23.3. The number of hydrogen-bond acceptors (Lipinski definition) is 3. The van der Waals surface area contributed by atoms with Crippen LogP contribution in [0.5, 0.6) is 0 Å². The van der Waals surface area contributed by atoms with Crippen LogP contribution in [0, 0.1) is 5.92 Å². The molecule has 1 aromatic carbocycles. The molecule has 3 unspecified atom stereocenters. The lowest BCUT2D eigenvalue weighted by atomic mass is 9.94. The Labute approximate surface area is 137 Å². The van der Waals surface area contributed by atoms with Gasteiger partial charge in [-0.05, 0) is 38.2 Å². The van der Waals surface area contributed by atoms with E-state index in [0.29, 0.717) is 19.4 Å². The number of rotatable bonds is 7. The number of amides is 1. The number of nitrogens with one attached hydrogen (secondary N) is 1. The zero-order valence-corrected chi connectivity index (χ0v) is 13.5. The highest BCUT2D eigenvalue weighted by Crippen LogP contribution is 2.20. The fourth-order valence-corrected chi connectivity index (χ4v) is 2.98. The lowest BCUT2D eigenvalue weighted by molar-refractivity contribution is -0.137. The van der Waals surface area contributed by atoms with E-state index < -0.39 is 5.97 Å². The van der Waals surface area contributed by atoms with Crippen LogP contribution in [0.15, 0.2) is 30.3 Å². The zero-order valence-electron chi connectivity index (χ0n) is 13.5. The van der Waals surface area contributed by atoms with Crippen molar-refractivity contribution in [2.45, 2.75) is 51.2 Å². The van der Waals surface area contributed by atoms with Gasteiger partial charge in [0.1, 0.15) is 0 Å². The van der Waals surface area contributed by atoms with E-state index in [9.17, 15) is 9.59 Å². The van der Waals surface area contributed by atoms with Gasteiger partial charge in [-0.15, -0.1) is 0 Å². The quantitative estimate of drug-likeness (QED) is 0.809. The maximum atomic E-state index is 12.5. The van der Waals surface area contributed by atoms with Crippen molar-refractivity contribution in [3.05, 3.63) is 35.9 Å². The van der Waals surface area contributed by atoms with Crippen molar-refractivity contribution in [2.24, 2.45) is 5.92 Å². The Hall–Kier alpha value is -1.88. The lowest BCUT2D eigenvalue weighted by Crippen LogP contribution is -2.43. The molecule has 1 amide bonds. The molecule has 1 aliphatic rings. The number of carboxylic acids is 1. The third kappa shape index (κ3) is 6.02. The molecule has 1 saturated heterocycles. The van der Waals surface area contributed by atoms with E-state index in [1.165, 1.54) is 0 Å². The highest BCUT2D eigenvalue weighted by molar-refractivity contribution is 5.79. The summed E-state index contributed by atoms with van der Waals surface area (Å²) >= 11 is 0. The van der Waals surface area contributed by atoms with Crippen LogP contribution in [-0.2, 0) is 20.7 Å². The molecule has 23 heavy (non-hydrogen) atoms. The molecule has 0 aliphatic carbocycles. The van der Waals surface area contributed by atoms with Gasteiger partial charge in [-0.2, -0.15) is 0 Å². The minimum atomic E-state index is -0.836. The Balaban J connectivity index is 1.95. The number of hydrogen-bond donors (Lipinski definition) is 2. The van der Waals surface area contributed by atoms with E-state index in [-0.39, 0.29) is 30.4 Å². The fourth-order valence-electron chi connectivity index (χ4n) is 2.98. The van der Waals surface area contributed by atoms with Crippen LogP contribution >= 0.6 is 0 Å². The summed E-state index contributed by atoms with van der Waals surface area (Å²) in [7, 11) is 0. The largest absolute Gasteiger partial charge is 0.481 e. The first-order valence-electron chi connectivity index (χ1n) is 8.22. The van der Waals surface area contributed by atoms with Crippen LogP contribution in [0.1, 0.15) is 38.2 Å². The van der Waals surface area contributed by atoms with Crippen molar-refractivity contribution < 1.29 is 19.4 Å². The van der Waals surface area contributed by atoms with Gasteiger partial charge in [0.2, 0.25) is 5.91 Å². The smallest absolute Gasteiger partial charge is 0.303 e. The Morgan fingerprint density at radius 2 is 2.09 bits per heavy atom. The molecular weight excluding hydrogens is 294 g/mol. The van der Waals surface area contributed by atoms with Crippen LogP contribution in [-0.4, -0.2) is 35.7 Å². The second-order valence-electron chi connectivity index (χ2n) is 6.23. The number of carbonyl (C=O) groups is 2. The summed E-state index contributed by atoms with van der Waals surface area (Å²) in [6.45, 7) is 2.59. The number of carboxylic acid groups (broad SMARTS) is 1. The molecule has 5 nitrogen and oxygen atoms in total. The van der Waals surface area contributed by atoms with Gasteiger partial charge >= 0.3 is 5.97 Å². The molecule has 1 heterocycles. The molecule has 2 N–H and O–H groups in total. The topological polar surface area (TPSA) is 75.6 Å². The van der Waals surface area contributed by atoms with Gasteiger partial charge in [0.05, 0.1) is 6.10 Å². The average Bonchev–Trinajstić information content (AvgIpc) is 2.53. The molecule has 0 spiro atoms. The minimum Gasteiger partial charge on any atom is -0.481 e. The van der Waals surface area contributed by atoms with E-state index in [0.717, 1.165) is 18.4 Å². The highest BCUT2D eigenvalue weighted by atomic mass is 16.5. The SMILES string of the molecule is CC1CC(C(=O)NC(CCC(=O)O)Cc2ccccc2)CCO1. The first-order valence-corrected chi connectivity index (χ1v) is 8.22. The highest BCUT2D eigenvalue weighted by Gasteiger charge is 2.27. The zero-order chi connectivity index (χ0) is 16.7. The van der Waals surface area contributed by atoms with E-state index in [1.807, 2.05) is 37.3 Å². The van der Waals surface area contributed by atoms with Crippen LogP contribution in [0.2, 0.25) is 0 Å². The summed E-state index contributed by atoms with van der Waals surface area (Å²) in [5.41, 5.74) is 1.10. The van der Waals surface area contributed by atoms with Gasteiger partial charge in [-0.3, -0.25) is 9.59 Å². The number of ether oxygens (including phenoxy) is 1. The van der Waals surface area contributed by atoms with Crippen molar-refractivity contribution in [2.75, 3.05) is 6.61 Å². The molecule has 3 atom stereocenters. The molecule has 0 bridgehead atoms. The first kappa shape index (κ1) is 17.5. The van der Waals surface area contributed by atoms with Gasteiger partial charge in [0, 0.05) is 25.0 Å². The predicted molar refractivity (Wildman–Crippen MR) is 87.1 cm³/mol. The van der Waals surface area contributed by atoms with Gasteiger partial charge in [-0.25, -0.2) is 0 Å². The number of benzene rings is 1. The minimum absolute atomic E-state index is 0.0199. The number of aliphatic carboxylic acids is 1. The molecule has 1 aliphatic heterocycles. The summed E-state index contributed by atoms with van der Waals surface area (Å²) in [5, 5.41) is 12.0. The summed E-state index contributed by atoms with van der Waals surface area (Å²) in [5.74, 6) is -0.856. The molecule has 1 fully saturated rings. The van der Waals surface area contributed by atoms with Crippen LogP contribution in [0.25, 0.3) is 0 Å². The Morgan fingerprint density at radius 1 is 1.35 bits per heavy atom. The maximum absolute atomic E-state index is 12.5. The second kappa shape index (κ2) is 8.67. The first-order chi connectivity index (χ1) is 11.0. The van der Waals surface area contributed by atoms with E-state index >= 15 is 0 Å².